The highest BCUT2D eigenvalue weighted by molar-refractivity contribution is 6.37. The number of hydrogen-bond donors (Lipinski definition) is 2. The van der Waals surface area contributed by atoms with Gasteiger partial charge >= 0.3 is 0 Å². The van der Waals surface area contributed by atoms with Gasteiger partial charge in [0.15, 0.2) is 11.5 Å². The highest BCUT2D eigenvalue weighted by Crippen LogP contribution is 2.37. The van der Waals surface area contributed by atoms with Gasteiger partial charge in [0.1, 0.15) is 5.52 Å². The van der Waals surface area contributed by atoms with Crippen molar-refractivity contribution in [2.45, 2.75) is 38.6 Å². The zero-order valence-electron chi connectivity index (χ0n) is 24.8. The molecule has 4 rings (SSSR count). The molecule has 0 aliphatic heterocycles. The molecule has 0 atom stereocenters. The number of halogens is 4. The van der Waals surface area contributed by atoms with Crippen LogP contribution >= 0.6 is 48.0 Å². The number of aromatic nitrogens is 2. The van der Waals surface area contributed by atoms with Crippen molar-refractivity contribution in [3.63, 3.8) is 0 Å². The van der Waals surface area contributed by atoms with E-state index in [2.05, 4.69) is 10.3 Å². The molecule has 1 aromatic carbocycles. The molecule has 0 radical (unpaired) electrons. The maximum absolute atomic E-state index is 12.5. The van der Waals surface area contributed by atoms with Gasteiger partial charge in [-0.1, -0.05) is 23.2 Å². The Morgan fingerprint density at radius 3 is 2.43 bits per heavy atom. The van der Waals surface area contributed by atoms with E-state index in [4.69, 9.17) is 36.4 Å². The summed E-state index contributed by atoms with van der Waals surface area (Å²) < 4.78 is 45.7. The number of benzene rings is 1. The van der Waals surface area contributed by atoms with Gasteiger partial charge in [0, 0.05) is 32.6 Å². The van der Waals surface area contributed by atoms with Crippen LogP contribution in [0.15, 0.2) is 30.5 Å². The maximum atomic E-state index is 12.5. The predicted molar refractivity (Wildman–Crippen MR) is 149 cm³/mol. The Morgan fingerprint density at radius 2 is 1.83 bits per heavy atom. The summed E-state index contributed by atoms with van der Waals surface area (Å²) in [5.41, 5.74) is 3.08. The van der Waals surface area contributed by atoms with Crippen molar-refractivity contribution in [3.05, 3.63) is 46.1 Å². The van der Waals surface area contributed by atoms with Crippen LogP contribution < -0.4 is 5.32 Å². The molecule has 0 unspecified atom stereocenters. The summed E-state index contributed by atoms with van der Waals surface area (Å²) in [5, 5.41) is 13.6. The third-order valence-corrected chi connectivity index (χ3v) is 6.62. The Balaban J connectivity index is 0.00000294. The Kier molecular flexibility index (Phi) is 7.55. The number of phenols is 1. The third kappa shape index (κ3) is 6.69. The van der Waals surface area contributed by atoms with E-state index in [1.807, 2.05) is 0 Å². The van der Waals surface area contributed by atoms with E-state index in [1.165, 1.54) is 13.1 Å². The summed E-state index contributed by atoms with van der Waals surface area (Å²) in [4.78, 5) is 22.3. The fraction of sp³-hybridized carbons (Fsp3) is 0.400. The molecule has 6 nitrogen and oxygen atoms in total. The maximum Gasteiger partial charge on any atom is 0.163 e. The Morgan fingerprint density at radius 1 is 1.17 bits per heavy atom. The van der Waals surface area contributed by atoms with Crippen LogP contribution in [-0.2, 0) is 0 Å². The fourth-order valence-corrected chi connectivity index (χ4v) is 4.79. The van der Waals surface area contributed by atoms with Gasteiger partial charge < -0.3 is 15.3 Å². The summed E-state index contributed by atoms with van der Waals surface area (Å²) in [6, 6.07) is 6.58. The first-order valence-electron chi connectivity index (χ1n) is 13.7. The normalized spacial score (nSPS) is 20.8. The van der Waals surface area contributed by atoms with Gasteiger partial charge in [0.2, 0.25) is 0 Å². The molecule has 2 N–H and O–H groups in total. The molecule has 1 aliphatic carbocycles. The molecule has 3 aromatic rings. The number of aromatic hydroxyl groups is 1. The molecule has 0 spiro atoms. The van der Waals surface area contributed by atoms with Crippen LogP contribution in [0, 0.1) is 5.92 Å². The summed E-state index contributed by atoms with van der Waals surface area (Å²) in [5.74, 6) is -0.490. The molecule has 0 saturated heterocycles. The van der Waals surface area contributed by atoms with Crippen LogP contribution in [0.25, 0.3) is 22.3 Å². The number of rotatable bonds is 6. The number of nitrogens with one attached hydrogen (secondary N) is 1. The van der Waals surface area contributed by atoms with Crippen molar-refractivity contribution in [2.24, 2.45) is 5.92 Å². The van der Waals surface area contributed by atoms with E-state index in [1.54, 1.807) is 24.3 Å². The molecule has 1 saturated carbocycles. The number of Topliss-reactive ketones (excluding diaryl/α,β-unsaturated/α-hetero) is 1. The van der Waals surface area contributed by atoms with E-state index in [0.29, 0.717) is 64.1 Å². The van der Waals surface area contributed by atoms with E-state index in [-0.39, 0.29) is 64.9 Å². The average Bonchev–Trinajstić information content (AvgIpc) is 2.84. The summed E-state index contributed by atoms with van der Waals surface area (Å²) in [6.45, 7) is -4.00. The largest absolute Gasteiger partial charge is 0.505 e. The lowest BCUT2D eigenvalue weighted by molar-refractivity contribution is 0.101. The molecule has 1 aliphatic rings. The highest BCUT2D eigenvalue weighted by Gasteiger charge is 2.24. The number of ketones is 1. The lowest BCUT2D eigenvalue weighted by Crippen LogP contribution is -2.31. The first kappa shape index (κ1) is 21.3. The molecule has 190 valence electrons. The van der Waals surface area contributed by atoms with E-state index in [0.717, 1.165) is 0 Å². The van der Waals surface area contributed by atoms with Gasteiger partial charge in [0.25, 0.3) is 0 Å². The SMILES string of the molecule is Cl.Cl.[2H]C([2H])([2H])N(CC1CCC(Nc2c(C(C)=O)cnc3ccc(-c4cc(Cl)c(O)c(Cl)c4)nc23)CC1)C([2H])([2H])[2H]. The van der Waals surface area contributed by atoms with E-state index in [9.17, 15) is 9.90 Å². The zero-order valence-corrected chi connectivity index (χ0v) is 22.0. The number of carbonyl (C=O) groups is 1. The van der Waals surface area contributed by atoms with Crippen molar-refractivity contribution in [1.82, 2.24) is 14.9 Å². The summed E-state index contributed by atoms with van der Waals surface area (Å²) in [6.07, 6.45) is 4.08. The number of nitrogens with zero attached hydrogens (tertiary/aromatic N) is 3. The first-order valence-corrected chi connectivity index (χ1v) is 11.4. The second-order valence-corrected chi connectivity index (χ2v) is 9.24. The van der Waals surface area contributed by atoms with Gasteiger partial charge in [-0.25, -0.2) is 4.98 Å². The van der Waals surface area contributed by atoms with Gasteiger partial charge in [-0.15, -0.1) is 24.8 Å². The molecule has 1 fully saturated rings. The van der Waals surface area contributed by atoms with Crippen molar-refractivity contribution < 1.29 is 18.1 Å². The molecule has 2 heterocycles. The van der Waals surface area contributed by atoms with Crippen molar-refractivity contribution >= 4 is 70.5 Å². The Bertz CT molecular complexity index is 1360. The molecular weight excluding hydrogens is 530 g/mol. The smallest absolute Gasteiger partial charge is 0.163 e. The summed E-state index contributed by atoms with van der Waals surface area (Å²) in [7, 11) is 0. The topological polar surface area (TPSA) is 78.4 Å². The number of anilines is 1. The standard InChI is InChI=1S/C25H28Cl2N4O2.2ClH/c1-14(32)18-12-28-22-9-8-21(16-10-19(26)25(33)20(27)11-16)30-24(22)23(18)29-17-6-4-15(5-7-17)13-31(2)3;;/h8-12,15,17,33H,4-7,13H2,1-3H3,(H,28,29);2*1H/i2D3,3D3;;. The fourth-order valence-electron chi connectivity index (χ4n) is 4.31. The Hall–Kier alpha value is -1.83. The molecule has 2 aromatic heterocycles. The number of pyridine rings is 2. The zero-order chi connectivity index (χ0) is 28.7. The molecule has 35 heavy (non-hydrogen) atoms. The molecular formula is C25H30Cl4N4O2. The minimum Gasteiger partial charge on any atom is -0.505 e. The van der Waals surface area contributed by atoms with Gasteiger partial charge in [-0.2, -0.15) is 0 Å². The molecule has 10 heteroatoms. The van der Waals surface area contributed by atoms with Crippen LogP contribution in [0.4, 0.5) is 5.69 Å². The van der Waals surface area contributed by atoms with Gasteiger partial charge in [-0.3, -0.25) is 9.78 Å². The van der Waals surface area contributed by atoms with Crippen molar-refractivity contribution in [1.29, 1.82) is 0 Å². The average molecular weight is 566 g/mol. The third-order valence-electron chi connectivity index (χ3n) is 6.04. The number of phenolic OH excluding ortho intramolecular Hbond substituents is 1. The first-order chi connectivity index (χ1) is 18.1. The second-order valence-electron chi connectivity index (χ2n) is 8.43. The number of fused-ring (bicyclic) bond motifs is 1. The highest BCUT2D eigenvalue weighted by atomic mass is 35.5. The van der Waals surface area contributed by atoms with Crippen molar-refractivity contribution in [3.8, 4) is 17.0 Å². The molecule has 0 bridgehead atoms. The second kappa shape index (κ2) is 12.4. The van der Waals surface area contributed by atoms with Crippen LogP contribution in [0.1, 0.15) is 51.2 Å². The molecule has 0 amide bonds. The predicted octanol–water partition coefficient (Wildman–Crippen LogP) is 6.89. The number of carbonyl (C=O) groups excluding carboxylic acids is 1. The van der Waals surface area contributed by atoms with Crippen LogP contribution in [0.2, 0.25) is 10.0 Å². The van der Waals surface area contributed by atoms with Crippen molar-refractivity contribution in [2.75, 3.05) is 25.8 Å². The monoisotopic (exact) mass is 564 g/mol. The lowest BCUT2D eigenvalue weighted by Gasteiger charge is -2.31. The number of hydrogen-bond acceptors (Lipinski definition) is 6. The van der Waals surface area contributed by atoms with Crippen LogP contribution in [0.3, 0.4) is 0 Å². The van der Waals surface area contributed by atoms with Gasteiger partial charge in [-0.05, 0) is 76.7 Å². The lowest BCUT2D eigenvalue weighted by atomic mass is 9.85. The summed E-state index contributed by atoms with van der Waals surface area (Å²) >= 11 is 12.2. The van der Waals surface area contributed by atoms with Crippen LogP contribution in [0.5, 0.6) is 5.75 Å². The van der Waals surface area contributed by atoms with Gasteiger partial charge in [0.05, 0.1) is 32.5 Å². The van der Waals surface area contributed by atoms with E-state index < -0.39 is 14.0 Å². The minimum atomic E-state index is -2.71. The quantitative estimate of drug-likeness (QED) is 0.317. The van der Waals surface area contributed by atoms with Crippen LogP contribution in [-0.4, -0.2) is 52.3 Å². The Labute approximate surface area is 236 Å². The van der Waals surface area contributed by atoms with E-state index >= 15 is 0 Å². The minimum absolute atomic E-state index is 0.